The highest BCUT2D eigenvalue weighted by atomic mass is 35.5. The standard InChI is InChI=1S/C19H30N4O2.3ClH/c1-22-9-11-23(12-10-22)13-14-25-18-6-4-16(5-7-18)21-19(24)15-17-3-2-8-20-17;;;/h4-7,17,20H,2-3,8-15H2,1H3,(H,21,24);3*1H. The first kappa shape index (κ1) is 27.2. The summed E-state index contributed by atoms with van der Waals surface area (Å²) in [7, 11) is 2.17. The van der Waals surface area contributed by atoms with Gasteiger partial charge >= 0.3 is 0 Å². The summed E-state index contributed by atoms with van der Waals surface area (Å²) in [5, 5.41) is 6.31. The number of carbonyl (C=O) groups is 1. The van der Waals surface area contributed by atoms with E-state index in [1.165, 1.54) is 0 Å². The fourth-order valence-corrected chi connectivity index (χ4v) is 3.37. The molecule has 0 saturated carbocycles. The second-order valence-electron chi connectivity index (χ2n) is 7.06. The minimum atomic E-state index is 0. The van der Waals surface area contributed by atoms with E-state index in [-0.39, 0.29) is 43.1 Å². The number of halogens is 3. The molecule has 3 rings (SSSR count). The van der Waals surface area contributed by atoms with E-state index in [2.05, 4.69) is 27.5 Å². The van der Waals surface area contributed by atoms with Crippen molar-refractivity contribution in [3.05, 3.63) is 24.3 Å². The van der Waals surface area contributed by atoms with Crippen LogP contribution in [0.1, 0.15) is 19.3 Å². The molecule has 0 radical (unpaired) electrons. The van der Waals surface area contributed by atoms with E-state index >= 15 is 0 Å². The van der Waals surface area contributed by atoms with Crippen LogP contribution in [0.4, 0.5) is 5.69 Å². The average molecular weight is 456 g/mol. The van der Waals surface area contributed by atoms with E-state index in [9.17, 15) is 4.79 Å². The van der Waals surface area contributed by atoms with Gasteiger partial charge in [-0.3, -0.25) is 9.69 Å². The Balaban J connectivity index is 0.00000243. The van der Waals surface area contributed by atoms with Crippen LogP contribution in [0.2, 0.25) is 0 Å². The van der Waals surface area contributed by atoms with Crippen LogP contribution in [0.3, 0.4) is 0 Å². The highest BCUT2D eigenvalue weighted by Gasteiger charge is 2.17. The maximum Gasteiger partial charge on any atom is 0.225 e. The minimum Gasteiger partial charge on any atom is -0.492 e. The van der Waals surface area contributed by atoms with E-state index in [4.69, 9.17) is 4.74 Å². The van der Waals surface area contributed by atoms with Crippen LogP contribution in [-0.2, 0) is 4.79 Å². The van der Waals surface area contributed by atoms with Crippen LogP contribution >= 0.6 is 37.2 Å². The molecule has 1 aromatic carbocycles. The lowest BCUT2D eigenvalue weighted by Crippen LogP contribution is -2.45. The summed E-state index contributed by atoms with van der Waals surface area (Å²) in [5.74, 6) is 0.924. The zero-order valence-corrected chi connectivity index (χ0v) is 18.8. The van der Waals surface area contributed by atoms with Crippen molar-refractivity contribution in [3.63, 3.8) is 0 Å². The summed E-state index contributed by atoms with van der Waals surface area (Å²) in [6.07, 6.45) is 2.80. The Morgan fingerprint density at radius 1 is 1.14 bits per heavy atom. The zero-order chi connectivity index (χ0) is 17.5. The quantitative estimate of drug-likeness (QED) is 0.662. The molecule has 162 valence electrons. The van der Waals surface area contributed by atoms with Crippen LogP contribution in [-0.4, -0.2) is 74.7 Å². The Morgan fingerprint density at radius 3 is 2.43 bits per heavy atom. The number of nitrogens with zero attached hydrogens (tertiary/aromatic N) is 2. The topological polar surface area (TPSA) is 56.8 Å². The van der Waals surface area contributed by atoms with Crippen molar-refractivity contribution < 1.29 is 9.53 Å². The van der Waals surface area contributed by atoms with Crippen LogP contribution < -0.4 is 15.4 Å². The largest absolute Gasteiger partial charge is 0.492 e. The van der Waals surface area contributed by atoms with Crippen molar-refractivity contribution in [3.8, 4) is 5.75 Å². The highest BCUT2D eigenvalue weighted by Crippen LogP contribution is 2.17. The molecule has 1 aromatic rings. The fraction of sp³-hybridized carbons (Fsp3) is 0.632. The second-order valence-corrected chi connectivity index (χ2v) is 7.06. The van der Waals surface area contributed by atoms with Crippen molar-refractivity contribution in [1.82, 2.24) is 15.1 Å². The first-order valence-electron chi connectivity index (χ1n) is 9.36. The summed E-state index contributed by atoms with van der Waals surface area (Å²) in [5.41, 5.74) is 0.828. The van der Waals surface area contributed by atoms with Crippen molar-refractivity contribution in [2.24, 2.45) is 0 Å². The molecule has 0 aliphatic carbocycles. The van der Waals surface area contributed by atoms with E-state index in [0.717, 1.165) is 63.5 Å². The molecule has 1 unspecified atom stereocenters. The number of ether oxygens (including phenoxy) is 1. The molecule has 6 nitrogen and oxygen atoms in total. The third-order valence-electron chi connectivity index (χ3n) is 5.00. The Morgan fingerprint density at radius 2 is 1.82 bits per heavy atom. The lowest BCUT2D eigenvalue weighted by atomic mass is 10.1. The molecule has 28 heavy (non-hydrogen) atoms. The van der Waals surface area contributed by atoms with Gasteiger partial charge in [-0.25, -0.2) is 0 Å². The summed E-state index contributed by atoms with van der Waals surface area (Å²) >= 11 is 0. The maximum atomic E-state index is 12.0. The van der Waals surface area contributed by atoms with E-state index in [1.54, 1.807) is 0 Å². The number of hydrogen-bond donors (Lipinski definition) is 2. The molecule has 2 aliphatic rings. The summed E-state index contributed by atoms with van der Waals surface area (Å²) < 4.78 is 5.83. The normalized spacial score (nSPS) is 19.7. The van der Waals surface area contributed by atoms with E-state index in [1.807, 2.05) is 24.3 Å². The predicted molar refractivity (Wildman–Crippen MR) is 122 cm³/mol. The van der Waals surface area contributed by atoms with Gasteiger partial charge in [0.15, 0.2) is 0 Å². The third-order valence-corrected chi connectivity index (χ3v) is 5.00. The van der Waals surface area contributed by atoms with Crippen LogP contribution in [0.25, 0.3) is 0 Å². The molecule has 0 aromatic heterocycles. The number of piperazine rings is 1. The molecule has 2 saturated heterocycles. The molecule has 0 spiro atoms. The van der Waals surface area contributed by atoms with E-state index < -0.39 is 0 Å². The van der Waals surface area contributed by atoms with Gasteiger partial charge in [-0.05, 0) is 50.7 Å². The Labute approximate surface area is 187 Å². The van der Waals surface area contributed by atoms with Crippen molar-refractivity contribution in [1.29, 1.82) is 0 Å². The van der Waals surface area contributed by atoms with Gasteiger partial charge in [-0.2, -0.15) is 0 Å². The minimum absolute atomic E-state index is 0. The van der Waals surface area contributed by atoms with Crippen LogP contribution in [0.5, 0.6) is 5.75 Å². The smallest absolute Gasteiger partial charge is 0.225 e. The van der Waals surface area contributed by atoms with Gasteiger partial charge in [0.2, 0.25) is 5.91 Å². The van der Waals surface area contributed by atoms with Gasteiger partial charge in [-0.15, -0.1) is 37.2 Å². The molecule has 1 atom stereocenters. The number of benzene rings is 1. The zero-order valence-electron chi connectivity index (χ0n) is 16.4. The maximum absolute atomic E-state index is 12.0. The number of hydrogen-bond acceptors (Lipinski definition) is 5. The van der Waals surface area contributed by atoms with Crippen molar-refractivity contribution in [2.45, 2.75) is 25.3 Å². The second kappa shape index (κ2) is 14.3. The Kier molecular flexibility index (Phi) is 13.9. The van der Waals surface area contributed by atoms with Crippen LogP contribution in [0, 0.1) is 0 Å². The average Bonchev–Trinajstić information content (AvgIpc) is 3.11. The predicted octanol–water partition coefficient (Wildman–Crippen LogP) is 2.66. The molecule has 1 amide bonds. The summed E-state index contributed by atoms with van der Waals surface area (Å²) in [4.78, 5) is 16.8. The first-order chi connectivity index (χ1) is 12.2. The summed E-state index contributed by atoms with van der Waals surface area (Å²) in [6.45, 7) is 7.17. The molecule has 0 bridgehead atoms. The van der Waals surface area contributed by atoms with E-state index in [0.29, 0.717) is 19.1 Å². The molecular weight excluding hydrogens is 423 g/mol. The fourth-order valence-electron chi connectivity index (χ4n) is 3.37. The lowest BCUT2D eigenvalue weighted by molar-refractivity contribution is -0.116. The van der Waals surface area contributed by atoms with Crippen LogP contribution in [0.15, 0.2) is 24.3 Å². The number of nitrogens with one attached hydrogen (secondary N) is 2. The summed E-state index contributed by atoms with van der Waals surface area (Å²) in [6, 6.07) is 7.99. The monoisotopic (exact) mass is 454 g/mol. The first-order valence-corrected chi connectivity index (χ1v) is 9.36. The van der Waals surface area contributed by atoms with Gasteiger partial charge < -0.3 is 20.3 Å². The van der Waals surface area contributed by atoms with Gasteiger partial charge in [-0.1, -0.05) is 0 Å². The molecular formula is C19H33Cl3N4O2. The number of anilines is 1. The van der Waals surface area contributed by atoms with Gasteiger partial charge in [0.1, 0.15) is 12.4 Å². The molecule has 2 fully saturated rings. The number of carbonyl (C=O) groups excluding carboxylic acids is 1. The lowest BCUT2D eigenvalue weighted by Gasteiger charge is -2.32. The Hall–Kier alpha value is -0.760. The van der Waals surface area contributed by atoms with Gasteiger partial charge in [0.25, 0.3) is 0 Å². The SMILES string of the molecule is CN1CCN(CCOc2ccc(NC(=O)CC3CCCN3)cc2)CC1.Cl.Cl.Cl. The highest BCUT2D eigenvalue weighted by molar-refractivity contribution is 5.91. The Bertz CT molecular complexity index is 549. The third kappa shape index (κ3) is 9.16. The molecule has 2 heterocycles. The molecule has 2 aliphatic heterocycles. The molecule has 2 N–H and O–H groups in total. The van der Waals surface area contributed by atoms with Crippen molar-refractivity contribution >= 4 is 48.8 Å². The number of rotatable bonds is 7. The van der Waals surface area contributed by atoms with Gasteiger partial charge in [0.05, 0.1) is 0 Å². The number of likely N-dealkylation sites (N-methyl/N-ethyl adjacent to an activating group) is 1. The van der Waals surface area contributed by atoms with Crippen molar-refractivity contribution in [2.75, 3.05) is 58.2 Å². The molecule has 9 heteroatoms. The number of amides is 1. The van der Waals surface area contributed by atoms with Gasteiger partial charge in [0, 0.05) is 50.9 Å².